The third kappa shape index (κ3) is 3.94. The molecule has 1 aromatic heterocycles. The lowest BCUT2D eigenvalue weighted by atomic mass is 10.1. The van der Waals surface area contributed by atoms with Gasteiger partial charge < -0.3 is 0 Å². The predicted molar refractivity (Wildman–Crippen MR) is 67.9 cm³/mol. The third-order valence-corrected chi connectivity index (χ3v) is 4.11. The van der Waals surface area contributed by atoms with E-state index < -0.39 is 0 Å². The lowest BCUT2D eigenvalue weighted by Gasteiger charge is -2.00. The first-order chi connectivity index (χ1) is 8.24. The molecule has 88 valence electrons. The standard InChI is InChI=1S/C12H10FNOS2/c13-10-3-1-9(2-4-10)7-11(15)8-17-12-14-5-6-16-12/h1-6H,7-8H2. The Morgan fingerprint density at radius 2 is 2.12 bits per heavy atom. The first-order valence-electron chi connectivity index (χ1n) is 5.02. The van der Waals surface area contributed by atoms with Crippen LogP contribution in [0.2, 0.25) is 0 Å². The summed E-state index contributed by atoms with van der Waals surface area (Å²) in [7, 11) is 0. The van der Waals surface area contributed by atoms with Crippen molar-refractivity contribution in [3.05, 3.63) is 47.2 Å². The van der Waals surface area contributed by atoms with Gasteiger partial charge in [0.15, 0.2) is 0 Å². The first kappa shape index (κ1) is 12.3. The molecule has 0 saturated carbocycles. The lowest BCUT2D eigenvalue weighted by Crippen LogP contribution is -2.05. The number of benzene rings is 1. The maximum absolute atomic E-state index is 12.7. The van der Waals surface area contributed by atoms with E-state index in [1.54, 1.807) is 18.3 Å². The molecule has 0 saturated heterocycles. The summed E-state index contributed by atoms with van der Waals surface area (Å²) in [5, 5.41) is 1.88. The molecule has 0 aliphatic heterocycles. The van der Waals surface area contributed by atoms with Crippen molar-refractivity contribution in [2.24, 2.45) is 0 Å². The van der Waals surface area contributed by atoms with E-state index in [-0.39, 0.29) is 11.6 Å². The van der Waals surface area contributed by atoms with E-state index in [1.165, 1.54) is 35.2 Å². The summed E-state index contributed by atoms with van der Waals surface area (Å²) in [6.45, 7) is 0. The van der Waals surface area contributed by atoms with Gasteiger partial charge in [0, 0.05) is 18.0 Å². The van der Waals surface area contributed by atoms with Crippen LogP contribution in [-0.2, 0) is 11.2 Å². The van der Waals surface area contributed by atoms with Gasteiger partial charge in [0.05, 0.1) is 5.75 Å². The van der Waals surface area contributed by atoms with Crippen LogP contribution in [0.5, 0.6) is 0 Å². The molecule has 1 aromatic carbocycles. The zero-order valence-electron chi connectivity index (χ0n) is 8.93. The highest BCUT2D eigenvalue weighted by atomic mass is 32.2. The average molecular weight is 267 g/mol. The molecular formula is C12H10FNOS2. The van der Waals surface area contributed by atoms with Crippen LogP contribution in [0.15, 0.2) is 40.2 Å². The molecule has 0 amide bonds. The number of nitrogens with zero attached hydrogens (tertiary/aromatic N) is 1. The van der Waals surface area contributed by atoms with Gasteiger partial charge in [-0.3, -0.25) is 4.79 Å². The molecule has 0 unspecified atom stereocenters. The molecule has 1 heterocycles. The van der Waals surface area contributed by atoms with Crippen molar-refractivity contribution < 1.29 is 9.18 Å². The normalized spacial score (nSPS) is 10.4. The van der Waals surface area contributed by atoms with E-state index in [0.29, 0.717) is 12.2 Å². The second-order valence-corrected chi connectivity index (χ2v) is 5.55. The predicted octanol–water partition coefficient (Wildman–Crippen LogP) is 3.19. The summed E-state index contributed by atoms with van der Waals surface area (Å²) < 4.78 is 13.6. The van der Waals surface area contributed by atoms with E-state index in [0.717, 1.165) is 9.90 Å². The molecule has 5 heteroatoms. The molecule has 0 aliphatic carbocycles. The smallest absolute Gasteiger partial charge is 0.150 e. The van der Waals surface area contributed by atoms with E-state index in [1.807, 2.05) is 5.38 Å². The van der Waals surface area contributed by atoms with Crippen LogP contribution >= 0.6 is 23.1 Å². The minimum Gasteiger partial charge on any atom is -0.298 e. The number of ketones is 1. The van der Waals surface area contributed by atoms with Crippen molar-refractivity contribution in [2.45, 2.75) is 10.8 Å². The number of Topliss-reactive ketones (excluding diaryl/α,β-unsaturated/α-hetero) is 1. The van der Waals surface area contributed by atoms with Gasteiger partial charge in [0.25, 0.3) is 0 Å². The van der Waals surface area contributed by atoms with Crippen LogP contribution in [0.1, 0.15) is 5.56 Å². The highest BCUT2D eigenvalue weighted by molar-refractivity contribution is 8.01. The number of carbonyl (C=O) groups excluding carboxylic acids is 1. The number of thioether (sulfide) groups is 1. The molecule has 0 fully saturated rings. The van der Waals surface area contributed by atoms with E-state index in [4.69, 9.17) is 0 Å². The van der Waals surface area contributed by atoms with Crippen LogP contribution in [0, 0.1) is 5.82 Å². The highest BCUT2D eigenvalue weighted by Gasteiger charge is 2.06. The Kier molecular flexibility index (Phi) is 4.28. The molecule has 0 N–H and O–H groups in total. The monoisotopic (exact) mass is 267 g/mol. The zero-order valence-corrected chi connectivity index (χ0v) is 10.6. The van der Waals surface area contributed by atoms with Gasteiger partial charge in [-0.1, -0.05) is 23.9 Å². The molecule has 0 bridgehead atoms. The van der Waals surface area contributed by atoms with Gasteiger partial charge in [-0.05, 0) is 17.7 Å². The lowest BCUT2D eigenvalue weighted by molar-refractivity contribution is -0.116. The third-order valence-electron chi connectivity index (χ3n) is 2.08. The molecule has 0 radical (unpaired) electrons. The Hall–Kier alpha value is -1.20. The molecule has 0 spiro atoms. The zero-order chi connectivity index (χ0) is 12.1. The minimum atomic E-state index is -0.279. The summed E-state index contributed by atoms with van der Waals surface area (Å²) in [6.07, 6.45) is 2.07. The minimum absolute atomic E-state index is 0.122. The van der Waals surface area contributed by atoms with Crippen LogP contribution in [0.4, 0.5) is 4.39 Å². The van der Waals surface area contributed by atoms with Crippen molar-refractivity contribution in [2.75, 3.05) is 5.75 Å². The SMILES string of the molecule is O=C(CSc1nccs1)Cc1ccc(F)cc1. The molecule has 0 atom stereocenters. The van der Waals surface area contributed by atoms with Crippen LogP contribution in [0.25, 0.3) is 0 Å². The fourth-order valence-corrected chi connectivity index (χ4v) is 2.80. The molecule has 2 aromatic rings. The number of halogens is 1. The maximum Gasteiger partial charge on any atom is 0.150 e. The second kappa shape index (κ2) is 5.93. The van der Waals surface area contributed by atoms with Crippen LogP contribution in [-0.4, -0.2) is 16.5 Å². The summed E-state index contributed by atoms with van der Waals surface area (Å²) in [4.78, 5) is 15.7. The number of hydrogen-bond acceptors (Lipinski definition) is 4. The summed E-state index contributed by atoms with van der Waals surface area (Å²) in [5.74, 6) is 0.250. The molecule has 17 heavy (non-hydrogen) atoms. The number of thiazole rings is 1. The average Bonchev–Trinajstić information content (AvgIpc) is 2.83. The van der Waals surface area contributed by atoms with E-state index in [9.17, 15) is 9.18 Å². The van der Waals surface area contributed by atoms with Gasteiger partial charge in [-0.25, -0.2) is 9.37 Å². The van der Waals surface area contributed by atoms with Crippen molar-refractivity contribution in [3.63, 3.8) is 0 Å². The highest BCUT2D eigenvalue weighted by Crippen LogP contribution is 2.20. The number of aromatic nitrogens is 1. The maximum atomic E-state index is 12.7. The molecular weight excluding hydrogens is 257 g/mol. The topological polar surface area (TPSA) is 30.0 Å². The fraction of sp³-hybridized carbons (Fsp3) is 0.167. The van der Waals surface area contributed by atoms with Crippen molar-refractivity contribution in [1.29, 1.82) is 0 Å². The van der Waals surface area contributed by atoms with Crippen LogP contribution < -0.4 is 0 Å². The Balaban J connectivity index is 1.83. The number of rotatable bonds is 5. The summed E-state index contributed by atoms with van der Waals surface area (Å²) >= 11 is 2.96. The van der Waals surface area contributed by atoms with Crippen LogP contribution in [0.3, 0.4) is 0 Å². The van der Waals surface area contributed by atoms with E-state index >= 15 is 0 Å². The number of carbonyl (C=O) groups is 1. The van der Waals surface area contributed by atoms with Gasteiger partial charge in [0.1, 0.15) is 15.9 Å². The Labute approximate surface area is 107 Å². The fourth-order valence-electron chi connectivity index (χ4n) is 1.30. The van der Waals surface area contributed by atoms with Gasteiger partial charge in [-0.2, -0.15) is 0 Å². The van der Waals surface area contributed by atoms with Gasteiger partial charge in [-0.15, -0.1) is 11.3 Å². The van der Waals surface area contributed by atoms with Crippen molar-refractivity contribution in [3.8, 4) is 0 Å². The molecule has 2 nitrogen and oxygen atoms in total. The van der Waals surface area contributed by atoms with Crippen molar-refractivity contribution in [1.82, 2.24) is 4.98 Å². The van der Waals surface area contributed by atoms with Gasteiger partial charge >= 0.3 is 0 Å². The van der Waals surface area contributed by atoms with E-state index in [2.05, 4.69) is 4.98 Å². The van der Waals surface area contributed by atoms with Gasteiger partial charge in [0.2, 0.25) is 0 Å². The molecule has 2 rings (SSSR count). The number of hydrogen-bond donors (Lipinski definition) is 0. The Morgan fingerprint density at radius 1 is 1.35 bits per heavy atom. The molecule has 0 aliphatic rings. The summed E-state index contributed by atoms with van der Waals surface area (Å²) in [6, 6.07) is 6.02. The Bertz CT molecular complexity index is 482. The summed E-state index contributed by atoms with van der Waals surface area (Å²) in [5.41, 5.74) is 0.844. The second-order valence-electron chi connectivity index (χ2n) is 3.43. The first-order valence-corrected chi connectivity index (χ1v) is 6.89. The Morgan fingerprint density at radius 3 is 2.76 bits per heavy atom. The van der Waals surface area contributed by atoms with Crippen molar-refractivity contribution >= 4 is 28.9 Å². The quantitative estimate of drug-likeness (QED) is 0.779. The largest absolute Gasteiger partial charge is 0.298 e.